The highest BCUT2D eigenvalue weighted by molar-refractivity contribution is 7.07. The van der Waals surface area contributed by atoms with Crippen molar-refractivity contribution in [1.29, 1.82) is 0 Å². The fraction of sp³-hybridized carbons (Fsp3) is 0.667. The molecule has 1 aliphatic rings. The van der Waals surface area contributed by atoms with Crippen molar-refractivity contribution in [2.24, 2.45) is 5.92 Å². The molecule has 1 fully saturated rings. The molecule has 1 aliphatic carbocycles. The highest BCUT2D eigenvalue weighted by Crippen LogP contribution is 2.28. The van der Waals surface area contributed by atoms with Crippen molar-refractivity contribution in [1.82, 2.24) is 9.88 Å². The van der Waals surface area contributed by atoms with Crippen LogP contribution < -0.4 is 0 Å². The second-order valence-electron chi connectivity index (χ2n) is 4.79. The molecular formula is C12H18N2OS. The summed E-state index contributed by atoms with van der Waals surface area (Å²) in [6.45, 7) is 5.26. The second kappa shape index (κ2) is 4.95. The van der Waals surface area contributed by atoms with Crippen molar-refractivity contribution in [2.45, 2.75) is 39.2 Å². The summed E-state index contributed by atoms with van der Waals surface area (Å²) in [7, 11) is 0. The number of hydrogen-bond acceptors (Lipinski definition) is 3. The molecule has 1 aromatic heterocycles. The Morgan fingerprint density at radius 3 is 2.88 bits per heavy atom. The van der Waals surface area contributed by atoms with Crippen LogP contribution in [0.25, 0.3) is 0 Å². The number of carbonyl (C=O) groups excluding carboxylic acids is 1. The molecule has 16 heavy (non-hydrogen) atoms. The van der Waals surface area contributed by atoms with Crippen molar-refractivity contribution in [3.8, 4) is 0 Å². The van der Waals surface area contributed by atoms with E-state index in [2.05, 4.69) is 18.8 Å². The lowest BCUT2D eigenvalue weighted by Crippen LogP contribution is -2.34. The zero-order chi connectivity index (χ0) is 11.5. The molecule has 1 heterocycles. The van der Waals surface area contributed by atoms with E-state index >= 15 is 0 Å². The van der Waals surface area contributed by atoms with Gasteiger partial charge in [0.15, 0.2) is 0 Å². The van der Waals surface area contributed by atoms with E-state index in [9.17, 15) is 4.79 Å². The standard InChI is InChI=1S/C12H18N2OS/c1-9(2)5-6-14(10-3-4-10)12(15)11-7-16-8-13-11/h7-10H,3-6H2,1-2H3. The normalized spacial score (nSPS) is 15.4. The Kier molecular flexibility index (Phi) is 3.59. The van der Waals surface area contributed by atoms with E-state index in [1.54, 1.807) is 5.51 Å². The summed E-state index contributed by atoms with van der Waals surface area (Å²) < 4.78 is 0. The van der Waals surface area contributed by atoms with Gasteiger partial charge in [-0.3, -0.25) is 4.79 Å². The molecule has 0 atom stereocenters. The van der Waals surface area contributed by atoms with Gasteiger partial charge in [-0.05, 0) is 25.2 Å². The average Bonchev–Trinajstić information content (AvgIpc) is 2.93. The Balaban J connectivity index is 1.99. The number of rotatable bonds is 5. The number of amides is 1. The third-order valence-electron chi connectivity index (χ3n) is 2.85. The predicted octanol–water partition coefficient (Wildman–Crippen LogP) is 2.79. The van der Waals surface area contributed by atoms with Crippen LogP contribution in [0.3, 0.4) is 0 Å². The Hall–Kier alpha value is -0.900. The molecular weight excluding hydrogens is 220 g/mol. The Morgan fingerprint density at radius 1 is 1.62 bits per heavy atom. The van der Waals surface area contributed by atoms with Crippen LogP contribution in [0.4, 0.5) is 0 Å². The van der Waals surface area contributed by atoms with E-state index in [0.717, 1.165) is 25.8 Å². The van der Waals surface area contributed by atoms with Crippen LogP contribution in [0.15, 0.2) is 10.9 Å². The van der Waals surface area contributed by atoms with Crippen molar-refractivity contribution < 1.29 is 4.79 Å². The van der Waals surface area contributed by atoms with Crippen molar-refractivity contribution in [3.05, 3.63) is 16.6 Å². The molecule has 0 aromatic carbocycles. The van der Waals surface area contributed by atoms with Crippen LogP contribution >= 0.6 is 11.3 Å². The molecule has 0 unspecified atom stereocenters. The van der Waals surface area contributed by atoms with Gasteiger partial charge >= 0.3 is 0 Å². The third kappa shape index (κ3) is 2.82. The molecule has 4 heteroatoms. The number of thiazole rings is 1. The Bertz CT molecular complexity index is 344. The second-order valence-corrected chi connectivity index (χ2v) is 5.50. The lowest BCUT2D eigenvalue weighted by molar-refractivity contribution is 0.0730. The highest BCUT2D eigenvalue weighted by atomic mass is 32.1. The van der Waals surface area contributed by atoms with Crippen molar-refractivity contribution >= 4 is 17.2 Å². The first-order valence-electron chi connectivity index (χ1n) is 5.87. The van der Waals surface area contributed by atoms with E-state index in [0.29, 0.717) is 17.7 Å². The van der Waals surface area contributed by atoms with E-state index in [1.165, 1.54) is 11.3 Å². The van der Waals surface area contributed by atoms with Gasteiger partial charge in [0.25, 0.3) is 5.91 Å². The maximum Gasteiger partial charge on any atom is 0.273 e. The SMILES string of the molecule is CC(C)CCN(C(=O)c1cscn1)C1CC1. The molecule has 1 amide bonds. The average molecular weight is 238 g/mol. The Labute approximate surface area is 100 Å². The fourth-order valence-electron chi connectivity index (χ4n) is 1.70. The van der Waals surface area contributed by atoms with E-state index in [4.69, 9.17) is 0 Å². The maximum atomic E-state index is 12.2. The monoisotopic (exact) mass is 238 g/mol. The predicted molar refractivity (Wildman–Crippen MR) is 65.6 cm³/mol. The summed E-state index contributed by atoms with van der Waals surface area (Å²) in [6, 6.07) is 0.480. The third-order valence-corrected chi connectivity index (χ3v) is 3.43. The molecule has 2 rings (SSSR count). The zero-order valence-corrected chi connectivity index (χ0v) is 10.7. The highest BCUT2D eigenvalue weighted by Gasteiger charge is 2.33. The lowest BCUT2D eigenvalue weighted by Gasteiger charge is -2.22. The molecule has 0 bridgehead atoms. The van der Waals surface area contributed by atoms with Gasteiger partial charge < -0.3 is 4.90 Å². The van der Waals surface area contributed by atoms with Crippen LogP contribution in [-0.2, 0) is 0 Å². The number of aromatic nitrogens is 1. The maximum absolute atomic E-state index is 12.2. The van der Waals surface area contributed by atoms with Crippen LogP contribution in [0.1, 0.15) is 43.6 Å². The molecule has 0 spiro atoms. The fourth-order valence-corrected chi connectivity index (χ4v) is 2.22. The van der Waals surface area contributed by atoms with E-state index in [-0.39, 0.29) is 5.91 Å². The first-order chi connectivity index (χ1) is 7.68. The molecule has 0 saturated heterocycles. The van der Waals surface area contributed by atoms with Gasteiger partial charge in [0.1, 0.15) is 5.69 Å². The minimum Gasteiger partial charge on any atom is -0.334 e. The quantitative estimate of drug-likeness (QED) is 0.790. The topological polar surface area (TPSA) is 33.2 Å². The summed E-state index contributed by atoms with van der Waals surface area (Å²) >= 11 is 1.48. The first kappa shape index (κ1) is 11.6. The summed E-state index contributed by atoms with van der Waals surface area (Å²) in [5.74, 6) is 0.758. The van der Waals surface area contributed by atoms with Crippen molar-refractivity contribution in [3.63, 3.8) is 0 Å². The van der Waals surface area contributed by atoms with Crippen LogP contribution in [0.2, 0.25) is 0 Å². The minimum atomic E-state index is 0.115. The molecule has 1 aromatic rings. The van der Waals surface area contributed by atoms with E-state index in [1.807, 2.05) is 10.3 Å². The Morgan fingerprint density at radius 2 is 2.38 bits per heavy atom. The number of nitrogens with zero attached hydrogens (tertiary/aromatic N) is 2. The van der Waals surface area contributed by atoms with E-state index < -0.39 is 0 Å². The summed E-state index contributed by atoms with van der Waals surface area (Å²) in [5, 5.41) is 1.84. The van der Waals surface area contributed by atoms with Gasteiger partial charge in [0.05, 0.1) is 5.51 Å². The van der Waals surface area contributed by atoms with Gasteiger partial charge in [0, 0.05) is 18.0 Å². The van der Waals surface area contributed by atoms with Crippen LogP contribution in [0.5, 0.6) is 0 Å². The molecule has 3 nitrogen and oxygen atoms in total. The summed E-state index contributed by atoms with van der Waals surface area (Å²) in [5.41, 5.74) is 2.33. The lowest BCUT2D eigenvalue weighted by atomic mass is 10.1. The zero-order valence-electron chi connectivity index (χ0n) is 9.85. The van der Waals surface area contributed by atoms with Gasteiger partial charge in [-0.25, -0.2) is 4.98 Å². The molecule has 1 saturated carbocycles. The molecule has 0 radical (unpaired) electrons. The number of hydrogen-bond donors (Lipinski definition) is 0. The summed E-state index contributed by atoms with van der Waals surface area (Å²) in [4.78, 5) is 18.3. The minimum absolute atomic E-state index is 0.115. The van der Waals surface area contributed by atoms with Gasteiger partial charge in [-0.2, -0.15) is 0 Å². The van der Waals surface area contributed by atoms with Gasteiger partial charge in [-0.15, -0.1) is 11.3 Å². The number of carbonyl (C=O) groups is 1. The summed E-state index contributed by atoms with van der Waals surface area (Å²) in [6.07, 6.45) is 3.40. The smallest absolute Gasteiger partial charge is 0.273 e. The van der Waals surface area contributed by atoms with Crippen LogP contribution in [0, 0.1) is 5.92 Å². The molecule has 0 N–H and O–H groups in total. The van der Waals surface area contributed by atoms with Crippen molar-refractivity contribution in [2.75, 3.05) is 6.54 Å². The largest absolute Gasteiger partial charge is 0.334 e. The first-order valence-corrected chi connectivity index (χ1v) is 6.82. The van der Waals surface area contributed by atoms with Gasteiger partial charge in [-0.1, -0.05) is 13.8 Å². The van der Waals surface area contributed by atoms with Gasteiger partial charge in [0.2, 0.25) is 0 Å². The molecule has 0 aliphatic heterocycles. The molecule has 88 valence electrons. The van der Waals surface area contributed by atoms with Crippen LogP contribution in [-0.4, -0.2) is 28.4 Å².